The smallest absolute Gasteiger partial charge is 0.207 e. The zero-order valence-electron chi connectivity index (χ0n) is 9.86. The van der Waals surface area contributed by atoms with Gasteiger partial charge in [0, 0.05) is 12.6 Å². The summed E-state index contributed by atoms with van der Waals surface area (Å²) in [6.07, 6.45) is 5.63. The summed E-state index contributed by atoms with van der Waals surface area (Å²) in [5.74, 6) is 0.264. The molecule has 0 aliphatic heterocycles. The third-order valence-corrected chi connectivity index (χ3v) is 4.13. The molecular weight excluding hydrogens is 260 g/mol. The second kappa shape index (κ2) is 5.94. The molecule has 1 aromatic rings. The highest BCUT2D eigenvalue weighted by Crippen LogP contribution is 2.20. The predicted molar refractivity (Wildman–Crippen MR) is 64.2 cm³/mol. The molecule has 0 N–H and O–H groups in total. The summed E-state index contributed by atoms with van der Waals surface area (Å²) in [5.41, 5.74) is 0. The first kappa shape index (κ1) is 14.6. The summed E-state index contributed by atoms with van der Waals surface area (Å²) in [5, 5.41) is 0. The number of sulfonamides is 1. The maximum Gasteiger partial charge on any atom is 0.246 e. The molecule has 0 saturated heterocycles. The highest BCUT2D eigenvalue weighted by Gasteiger charge is 2.26. The Kier molecular flexibility index (Phi) is 4.82. The molecule has 0 bridgehead atoms. The van der Waals surface area contributed by atoms with Crippen LogP contribution in [0.15, 0.2) is 23.1 Å². The molecule has 1 rings (SSSR count). The lowest BCUT2D eigenvalue weighted by Gasteiger charge is -2.19. The zero-order valence-corrected chi connectivity index (χ0v) is 10.7. The molecule has 0 radical (unpaired) electrons. The molecule has 1 aromatic carbocycles. The summed E-state index contributed by atoms with van der Waals surface area (Å²) in [4.78, 5) is -0.562. The molecule has 0 fully saturated rings. The first-order chi connectivity index (χ1) is 8.43. The van der Waals surface area contributed by atoms with Crippen LogP contribution in [0.4, 0.5) is 8.78 Å². The fraction of sp³-hybridized carbons (Fsp3) is 0.333. The van der Waals surface area contributed by atoms with E-state index in [1.165, 1.54) is 0 Å². The van der Waals surface area contributed by atoms with Gasteiger partial charge in [0.25, 0.3) is 0 Å². The van der Waals surface area contributed by atoms with E-state index in [9.17, 15) is 17.2 Å². The number of rotatable bonds is 5. The molecule has 0 aliphatic rings. The van der Waals surface area contributed by atoms with Crippen molar-refractivity contribution in [2.75, 3.05) is 13.1 Å². The van der Waals surface area contributed by atoms with Gasteiger partial charge in [-0.15, -0.1) is 6.42 Å². The van der Waals surface area contributed by atoms with Gasteiger partial charge in [-0.1, -0.05) is 12.8 Å². The van der Waals surface area contributed by atoms with Crippen molar-refractivity contribution in [3.8, 4) is 12.3 Å². The number of hydrogen-bond acceptors (Lipinski definition) is 2. The van der Waals surface area contributed by atoms with Crippen LogP contribution in [0.1, 0.15) is 13.3 Å². The van der Waals surface area contributed by atoms with E-state index in [4.69, 9.17) is 6.42 Å². The van der Waals surface area contributed by atoms with Crippen molar-refractivity contribution in [2.45, 2.75) is 18.2 Å². The Morgan fingerprint density at radius 3 is 2.56 bits per heavy atom. The summed E-state index contributed by atoms with van der Waals surface area (Å²) in [6, 6.07) is 2.34. The third kappa shape index (κ3) is 3.06. The van der Waals surface area contributed by atoms with Gasteiger partial charge in [-0.25, -0.2) is 17.2 Å². The molecule has 0 amide bonds. The number of halogens is 2. The molecule has 6 heteroatoms. The van der Waals surface area contributed by atoms with Crippen molar-refractivity contribution >= 4 is 10.0 Å². The van der Waals surface area contributed by atoms with Crippen molar-refractivity contribution in [3.63, 3.8) is 0 Å². The van der Waals surface area contributed by atoms with Gasteiger partial charge in [0.05, 0.1) is 6.54 Å². The zero-order chi connectivity index (χ0) is 13.8. The fourth-order valence-corrected chi connectivity index (χ4v) is 2.95. The number of terminal acetylenes is 1. The average molecular weight is 273 g/mol. The molecule has 0 spiro atoms. The minimum Gasteiger partial charge on any atom is -0.207 e. The summed E-state index contributed by atoms with van der Waals surface area (Å²) in [7, 11) is -4.02. The van der Waals surface area contributed by atoms with Gasteiger partial charge in [0.15, 0.2) is 0 Å². The molecule has 0 atom stereocenters. The molecule has 0 unspecified atom stereocenters. The van der Waals surface area contributed by atoms with E-state index in [-0.39, 0.29) is 13.1 Å². The second-order valence-electron chi connectivity index (χ2n) is 3.62. The minimum absolute atomic E-state index is 0.146. The molecule has 0 aliphatic carbocycles. The Balaban J connectivity index is 3.22. The largest absolute Gasteiger partial charge is 0.246 e. The molecule has 0 saturated carbocycles. The fourth-order valence-electron chi connectivity index (χ4n) is 1.46. The van der Waals surface area contributed by atoms with E-state index in [0.717, 1.165) is 16.4 Å². The van der Waals surface area contributed by atoms with Crippen molar-refractivity contribution in [1.29, 1.82) is 0 Å². The molecule has 98 valence electrons. The van der Waals surface area contributed by atoms with Gasteiger partial charge in [-0.2, -0.15) is 4.31 Å². The number of nitrogens with zero attached hydrogens (tertiary/aromatic N) is 1. The lowest BCUT2D eigenvalue weighted by atomic mass is 10.3. The standard InChI is InChI=1S/C12H13F2NO2S/c1-3-7-15(8-4-2)18(16,17)12-6-5-10(13)9-11(12)14/h1,5-6,9H,4,7-8H2,2H3. The Morgan fingerprint density at radius 2 is 2.06 bits per heavy atom. The average Bonchev–Trinajstić information content (AvgIpc) is 2.28. The van der Waals surface area contributed by atoms with Gasteiger partial charge in [-0.05, 0) is 18.6 Å². The van der Waals surface area contributed by atoms with Crippen molar-refractivity contribution < 1.29 is 17.2 Å². The summed E-state index contributed by atoms with van der Waals surface area (Å²) in [6.45, 7) is 1.82. The van der Waals surface area contributed by atoms with Gasteiger partial charge < -0.3 is 0 Å². The normalized spacial score (nSPS) is 11.5. The molecular formula is C12H13F2NO2S. The number of hydrogen-bond donors (Lipinski definition) is 0. The number of benzene rings is 1. The van der Waals surface area contributed by atoms with Gasteiger partial charge in [0.2, 0.25) is 10.0 Å². The van der Waals surface area contributed by atoms with E-state index in [2.05, 4.69) is 5.92 Å². The van der Waals surface area contributed by atoms with Crippen LogP contribution in [-0.4, -0.2) is 25.8 Å². The van der Waals surface area contributed by atoms with Crippen LogP contribution in [0.2, 0.25) is 0 Å². The van der Waals surface area contributed by atoms with Gasteiger partial charge in [-0.3, -0.25) is 0 Å². The van der Waals surface area contributed by atoms with E-state index in [1.807, 2.05) is 0 Å². The van der Waals surface area contributed by atoms with Gasteiger partial charge >= 0.3 is 0 Å². The van der Waals surface area contributed by atoms with Crippen LogP contribution in [0, 0.1) is 24.0 Å². The SMILES string of the molecule is C#CCN(CCC)S(=O)(=O)c1ccc(F)cc1F. The van der Waals surface area contributed by atoms with Crippen molar-refractivity contribution in [3.05, 3.63) is 29.8 Å². The quantitative estimate of drug-likeness (QED) is 0.769. The minimum atomic E-state index is -4.02. The van der Waals surface area contributed by atoms with E-state index in [1.54, 1.807) is 6.92 Å². The van der Waals surface area contributed by atoms with Crippen LogP contribution in [0.5, 0.6) is 0 Å². The Labute approximate surface area is 105 Å². The topological polar surface area (TPSA) is 37.4 Å². The Morgan fingerprint density at radius 1 is 1.39 bits per heavy atom. The van der Waals surface area contributed by atoms with Crippen molar-refractivity contribution in [2.24, 2.45) is 0 Å². The monoisotopic (exact) mass is 273 g/mol. The lowest BCUT2D eigenvalue weighted by Crippen LogP contribution is -2.32. The lowest BCUT2D eigenvalue weighted by molar-refractivity contribution is 0.439. The van der Waals surface area contributed by atoms with Crippen molar-refractivity contribution in [1.82, 2.24) is 4.31 Å². The highest BCUT2D eigenvalue weighted by atomic mass is 32.2. The second-order valence-corrected chi connectivity index (χ2v) is 5.52. The maximum atomic E-state index is 13.5. The van der Waals surface area contributed by atoms with Crippen LogP contribution in [0.3, 0.4) is 0 Å². The third-order valence-electron chi connectivity index (χ3n) is 2.25. The van der Waals surface area contributed by atoms with Crippen LogP contribution < -0.4 is 0 Å². The van der Waals surface area contributed by atoms with Crippen LogP contribution in [-0.2, 0) is 10.0 Å². The highest BCUT2D eigenvalue weighted by molar-refractivity contribution is 7.89. The molecule has 3 nitrogen and oxygen atoms in total. The predicted octanol–water partition coefficient (Wildman–Crippen LogP) is 2.00. The first-order valence-corrected chi connectivity index (χ1v) is 6.76. The molecule has 0 aromatic heterocycles. The Hall–Kier alpha value is -1.45. The van der Waals surface area contributed by atoms with Crippen LogP contribution in [0.25, 0.3) is 0 Å². The summed E-state index contributed by atoms with van der Waals surface area (Å²) < 4.78 is 51.5. The molecule has 18 heavy (non-hydrogen) atoms. The van der Waals surface area contributed by atoms with E-state index >= 15 is 0 Å². The van der Waals surface area contributed by atoms with E-state index < -0.39 is 26.6 Å². The van der Waals surface area contributed by atoms with E-state index in [0.29, 0.717) is 12.5 Å². The summed E-state index contributed by atoms with van der Waals surface area (Å²) >= 11 is 0. The maximum absolute atomic E-state index is 13.5. The Bertz CT molecular complexity index is 564. The van der Waals surface area contributed by atoms with Gasteiger partial charge in [0.1, 0.15) is 16.5 Å². The van der Waals surface area contributed by atoms with Crippen LogP contribution >= 0.6 is 0 Å². The first-order valence-electron chi connectivity index (χ1n) is 5.32. The molecule has 0 heterocycles.